The van der Waals surface area contributed by atoms with Crippen LogP contribution in [0.4, 0.5) is 0 Å². The Bertz CT molecular complexity index is 569. The summed E-state index contributed by atoms with van der Waals surface area (Å²) in [6, 6.07) is 2.11. The first-order chi connectivity index (χ1) is 11.6. The molecule has 0 bridgehead atoms. The van der Waals surface area contributed by atoms with Crippen molar-refractivity contribution in [2.24, 2.45) is 0 Å². The van der Waals surface area contributed by atoms with Crippen LogP contribution in [-0.4, -0.2) is 47.2 Å². The third-order valence-electron chi connectivity index (χ3n) is 4.92. The first-order valence-corrected chi connectivity index (χ1v) is 9.04. The van der Waals surface area contributed by atoms with Gasteiger partial charge in [0.05, 0.1) is 25.8 Å². The van der Waals surface area contributed by atoms with Crippen molar-refractivity contribution in [2.75, 3.05) is 19.7 Å². The van der Waals surface area contributed by atoms with Gasteiger partial charge in [0.2, 0.25) is 5.91 Å². The number of likely N-dealkylation sites (tertiary alicyclic amines) is 1. The van der Waals surface area contributed by atoms with Crippen molar-refractivity contribution in [2.45, 2.75) is 64.3 Å². The number of rotatable bonds is 6. The Morgan fingerprint density at radius 3 is 3.04 bits per heavy atom. The van der Waals surface area contributed by atoms with Crippen molar-refractivity contribution in [3.05, 3.63) is 29.6 Å². The Balaban J connectivity index is 1.46. The van der Waals surface area contributed by atoms with Crippen LogP contribution in [-0.2, 0) is 20.9 Å². The fourth-order valence-electron chi connectivity index (χ4n) is 3.57. The van der Waals surface area contributed by atoms with Gasteiger partial charge < -0.3 is 14.4 Å². The van der Waals surface area contributed by atoms with Gasteiger partial charge in [-0.1, -0.05) is 19.4 Å². The molecule has 2 aliphatic rings. The molecule has 3 rings (SSSR count). The summed E-state index contributed by atoms with van der Waals surface area (Å²) in [5, 5.41) is 0. The van der Waals surface area contributed by atoms with E-state index in [0.717, 1.165) is 49.9 Å². The van der Waals surface area contributed by atoms with Gasteiger partial charge in [0.25, 0.3) is 0 Å². The Morgan fingerprint density at radius 1 is 1.46 bits per heavy atom. The molecule has 0 unspecified atom stereocenters. The second kappa shape index (κ2) is 7.62. The van der Waals surface area contributed by atoms with E-state index >= 15 is 0 Å². The van der Waals surface area contributed by atoms with Crippen LogP contribution in [0.15, 0.2) is 18.5 Å². The number of amides is 1. The van der Waals surface area contributed by atoms with Crippen LogP contribution in [0.5, 0.6) is 0 Å². The topological polar surface area (TPSA) is 51.7 Å². The van der Waals surface area contributed by atoms with E-state index in [-0.39, 0.29) is 17.6 Å². The zero-order valence-electron chi connectivity index (χ0n) is 14.8. The fourth-order valence-corrected chi connectivity index (χ4v) is 3.57. The maximum absolute atomic E-state index is 12.1. The minimum atomic E-state index is -0.171. The van der Waals surface area contributed by atoms with Gasteiger partial charge in [-0.25, -0.2) is 0 Å². The second-order valence-electron chi connectivity index (χ2n) is 7.18. The van der Waals surface area contributed by atoms with Crippen LogP contribution in [0.3, 0.4) is 0 Å². The predicted octanol–water partition coefficient (Wildman–Crippen LogP) is 2.86. The minimum Gasteiger partial charge on any atom is -0.373 e. The van der Waals surface area contributed by atoms with Crippen LogP contribution in [0.25, 0.3) is 0 Å². The first kappa shape index (κ1) is 17.4. The summed E-state index contributed by atoms with van der Waals surface area (Å²) in [5.74, 6) is 0.264. The van der Waals surface area contributed by atoms with Crippen molar-refractivity contribution < 1.29 is 14.3 Å². The number of hydrogen-bond acceptors (Lipinski definition) is 4. The lowest BCUT2D eigenvalue weighted by atomic mass is 9.84. The Kier molecular flexibility index (Phi) is 5.51. The molecule has 1 aromatic rings. The van der Waals surface area contributed by atoms with E-state index in [1.807, 2.05) is 24.2 Å². The Morgan fingerprint density at radius 2 is 2.29 bits per heavy atom. The molecule has 24 heavy (non-hydrogen) atoms. The summed E-state index contributed by atoms with van der Waals surface area (Å²) in [4.78, 5) is 18.2. The number of carbonyl (C=O) groups excluding carboxylic acids is 1. The molecule has 5 nitrogen and oxygen atoms in total. The molecule has 5 heteroatoms. The number of ether oxygens (including phenoxy) is 2. The third kappa shape index (κ3) is 4.14. The van der Waals surface area contributed by atoms with Gasteiger partial charge in [-0.15, -0.1) is 0 Å². The van der Waals surface area contributed by atoms with E-state index in [0.29, 0.717) is 19.6 Å². The van der Waals surface area contributed by atoms with Crippen molar-refractivity contribution in [1.29, 1.82) is 0 Å². The standard InChI is InChI=1S/C19H28N2O3/c1-3-4-5-18(22)21-13-19(14-21)9-17(6-7-24-19)23-12-16-8-15(2)10-20-11-16/h8,10-11,17H,3-7,9,12-14H2,1-2H3/t17-/m0/s1. The van der Waals surface area contributed by atoms with Crippen LogP contribution in [0, 0.1) is 6.92 Å². The highest BCUT2D eigenvalue weighted by molar-refractivity contribution is 5.77. The average molecular weight is 332 g/mol. The highest BCUT2D eigenvalue weighted by Gasteiger charge is 2.49. The smallest absolute Gasteiger partial charge is 0.222 e. The normalized spacial score (nSPS) is 22.4. The van der Waals surface area contributed by atoms with E-state index in [9.17, 15) is 4.79 Å². The molecular formula is C19H28N2O3. The maximum Gasteiger partial charge on any atom is 0.222 e. The maximum atomic E-state index is 12.1. The molecule has 1 atom stereocenters. The van der Waals surface area contributed by atoms with Crippen molar-refractivity contribution in [3.63, 3.8) is 0 Å². The monoisotopic (exact) mass is 332 g/mol. The number of unbranched alkanes of at least 4 members (excludes halogenated alkanes) is 1. The number of hydrogen-bond donors (Lipinski definition) is 0. The number of nitrogens with zero attached hydrogens (tertiary/aromatic N) is 2. The zero-order valence-corrected chi connectivity index (χ0v) is 14.8. The molecule has 2 aliphatic heterocycles. The number of aryl methyl sites for hydroxylation is 1. The molecule has 2 fully saturated rings. The number of aromatic nitrogens is 1. The molecule has 0 saturated carbocycles. The molecule has 0 aliphatic carbocycles. The summed E-state index contributed by atoms with van der Waals surface area (Å²) in [7, 11) is 0. The fraction of sp³-hybridized carbons (Fsp3) is 0.684. The lowest BCUT2D eigenvalue weighted by Gasteiger charge is -2.53. The number of carbonyl (C=O) groups is 1. The summed E-state index contributed by atoms with van der Waals surface area (Å²) in [6.45, 7) is 6.91. The van der Waals surface area contributed by atoms with Gasteiger partial charge in [-0.2, -0.15) is 0 Å². The van der Waals surface area contributed by atoms with E-state index in [1.54, 1.807) is 0 Å². The molecule has 0 aromatic carbocycles. The van der Waals surface area contributed by atoms with Crippen molar-refractivity contribution in [1.82, 2.24) is 9.88 Å². The molecule has 1 spiro atoms. The van der Waals surface area contributed by atoms with Gasteiger partial charge in [0, 0.05) is 31.8 Å². The van der Waals surface area contributed by atoms with Crippen LogP contribution in [0.2, 0.25) is 0 Å². The van der Waals surface area contributed by atoms with Gasteiger partial charge in [0.1, 0.15) is 5.60 Å². The average Bonchev–Trinajstić information content (AvgIpc) is 2.56. The summed E-state index contributed by atoms with van der Waals surface area (Å²) in [5.41, 5.74) is 2.09. The van der Waals surface area contributed by atoms with Crippen LogP contribution >= 0.6 is 0 Å². The van der Waals surface area contributed by atoms with Crippen molar-refractivity contribution >= 4 is 5.91 Å². The molecule has 132 valence electrons. The highest BCUT2D eigenvalue weighted by Crippen LogP contribution is 2.36. The zero-order chi connectivity index (χ0) is 17.0. The minimum absolute atomic E-state index is 0.171. The van der Waals surface area contributed by atoms with Crippen molar-refractivity contribution in [3.8, 4) is 0 Å². The van der Waals surface area contributed by atoms with E-state index < -0.39 is 0 Å². The van der Waals surface area contributed by atoms with Gasteiger partial charge >= 0.3 is 0 Å². The predicted molar refractivity (Wildman–Crippen MR) is 91.6 cm³/mol. The Labute approximate surface area is 144 Å². The summed E-state index contributed by atoms with van der Waals surface area (Å²) >= 11 is 0. The molecule has 1 aromatic heterocycles. The molecule has 1 amide bonds. The second-order valence-corrected chi connectivity index (χ2v) is 7.18. The molecule has 0 N–H and O–H groups in total. The SMILES string of the molecule is CCCCC(=O)N1CC2(C[C@@H](OCc3cncc(C)c3)CCO2)C1. The quantitative estimate of drug-likeness (QED) is 0.804. The van der Waals surface area contributed by atoms with E-state index in [1.165, 1.54) is 0 Å². The van der Waals surface area contributed by atoms with Gasteiger partial charge in [-0.3, -0.25) is 9.78 Å². The van der Waals surface area contributed by atoms with Gasteiger partial charge in [-0.05, 0) is 30.9 Å². The largest absolute Gasteiger partial charge is 0.373 e. The lowest BCUT2D eigenvalue weighted by molar-refractivity contribution is -0.202. The van der Waals surface area contributed by atoms with E-state index in [2.05, 4.69) is 18.0 Å². The lowest BCUT2D eigenvalue weighted by Crippen LogP contribution is -2.67. The molecule has 3 heterocycles. The first-order valence-electron chi connectivity index (χ1n) is 9.04. The summed E-state index contributed by atoms with van der Waals surface area (Å²) in [6.07, 6.45) is 8.41. The summed E-state index contributed by atoms with van der Waals surface area (Å²) < 4.78 is 12.1. The molecular weight excluding hydrogens is 304 g/mol. The number of pyridine rings is 1. The van der Waals surface area contributed by atoms with Gasteiger partial charge in [0.15, 0.2) is 0 Å². The van der Waals surface area contributed by atoms with Crippen LogP contribution in [0.1, 0.15) is 50.2 Å². The molecule has 2 saturated heterocycles. The third-order valence-corrected chi connectivity index (χ3v) is 4.92. The molecule has 0 radical (unpaired) electrons. The highest BCUT2D eigenvalue weighted by atomic mass is 16.5. The van der Waals surface area contributed by atoms with Crippen LogP contribution < -0.4 is 0 Å². The van der Waals surface area contributed by atoms with E-state index in [4.69, 9.17) is 9.47 Å². The Hall–Kier alpha value is -1.46.